The fraction of sp³-hybridized carbons (Fsp3) is 0.364. The van der Waals surface area contributed by atoms with Crippen LogP contribution in [0.3, 0.4) is 0 Å². The second-order valence-corrected chi connectivity index (χ2v) is 4.02. The van der Waals surface area contributed by atoms with Crippen molar-refractivity contribution in [2.75, 3.05) is 12.9 Å². The summed E-state index contributed by atoms with van der Waals surface area (Å²) in [5.41, 5.74) is 2.23. The third kappa shape index (κ3) is 1.59. The molecule has 0 saturated heterocycles. The van der Waals surface area contributed by atoms with Gasteiger partial charge in [0, 0.05) is 18.0 Å². The summed E-state index contributed by atoms with van der Waals surface area (Å²) in [6, 6.07) is 0. The average Bonchev–Trinajstić information content (AvgIpc) is 2.53. The lowest BCUT2D eigenvalue weighted by molar-refractivity contribution is 0.342. The number of hydrogen-bond donors (Lipinski definition) is 0. The summed E-state index contributed by atoms with van der Waals surface area (Å²) in [5, 5.41) is 1.22. The van der Waals surface area contributed by atoms with Gasteiger partial charge in [-0.25, -0.2) is 0 Å². The van der Waals surface area contributed by atoms with E-state index in [0.717, 1.165) is 11.3 Å². The summed E-state index contributed by atoms with van der Waals surface area (Å²) >= 11 is 1.73. The maximum absolute atomic E-state index is 5.66. The van der Waals surface area contributed by atoms with E-state index in [2.05, 4.69) is 22.6 Å². The highest BCUT2D eigenvalue weighted by Gasteiger charge is 2.14. The average molecular weight is 222 g/mol. The molecule has 0 aliphatic heterocycles. The van der Waals surface area contributed by atoms with Crippen molar-refractivity contribution in [2.24, 2.45) is 0 Å². The van der Waals surface area contributed by atoms with E-state index in [4.69, 9.17) is 4.74 Å². The quantitative estimate of drug-likeness (QED) is 0.747. The van der Waals surface area contributed by atoms with Crippen molar-refractivity contribution in [1.29, 1.82) is 0 Å². The summed E-state index contributed by atoms with van der Waals surface area (Å²) in [7, 11) is 0. The topological polar surface area (TPSA) is 26.5 Å². The number of ether oxygens (including phenoxy) is 1. The van der Waals surface area contributed by atoms with Gasteiger partial charge in [0.05, 0.1) is 17.8 Å². The van der Waals surface area contributed by atoms with Crippen LogP contribution in [0, 0.1) is 6.92 Å². The highest BCUT2D eigenvalue weighted by atomic mass is 32.2. The van der Waals surface area contributed by atoms with Gasteiger partial charge in [-0.05, 0) is 20.1 Å². The highest BCUT2D eigenvalue weighted by molar-refractivity contribution is 7.98. The molecule has 2 aromatic heterocycles. The Morgan fingerprint density at radius 3 is 3.00 bits per heavy atom. The van der Waals surface area contributed by atoms with Crippen LogP contribution in [0.2, 0.25) is 0 Å². The predicted molar refractivity (Wildman–Crippen MR) is 62.9 cm³/mol. The van der Waals surface area contributed by atoms with Gasteiger partial charge in [0.15, 0.2) is 0 Å². The van der Waals surface area contributed by atoms with Crippen LogP contribution in [-0.2, 0) is 0 Å². The Labute approximate surface area is 93.5 Å². The van der Waals surface area contributed by atoms with Crippen LogP contribution in [0.1, 0.15) is 12.5 Å². The zero-order chi connectivity index (χ0) is 10.8. The Morgan fingerprint density at radius 1 is 1.53 bits per heavy atom. The second kappa shape index (κ2) is 4.14. The summed E-state index contributed by atoms with van der Waals surface area (Å²) in [6.45, 7) is 4.77. The maximum Gasteiger partial charge on any atom is 0.150 e. The molecule has 0 aliphatic carbocycles. The van der Waals surface area contributed by atoms with E-state index in [9.17, 15) is 0 Å². The number of rotatable bonds is 3. The number of nitrogens with zero attached hydrogens (tertiary/aromatic N) is 2. The van der Waals surface area contributed by atoms with Crippen LogP contribution >= 0.6 is 11.8 Å². The predicted octanol–water partition coefficient (Wildman–Crippen LogP) is 2.76. The molecule has 80 valence electrons. The Hall–Kier alpha value is -1.16. The summed E-state index contributed by atoms with van der Waals surface area (Å²) in [5.74, 6) is 0.954. The van der Waals surface area contributed by atoms with Crippen molar-refractivity contribution in [3.8, 4) is 5.75 Å². The minimum atomic E-state index is 0.684. The molecular weight excluding hydrogens is 208 g/mol. The van der Waals surface area contributed by atoms with Crippen molar-refractivity contribution in [1.82, 2.24) is 9.38 Å². The van der Waals surface area contributed by atoms with Gasteiger partial charge in [-0.2, -0.15) is 0 Å². The first kappa shape index (κ1) is 10.4. The lowest BCUT2D eigenvalue weighted by atomic mass is 10.3. The zero-order valence-electron chi connectivity index (χ0n) is 9.15. The lowest BCUT2D eigenvalue weighted by Gasteiger charge is -2.01. The molecule has 3 nitrogen and oxygen atoms in total. The standard InChI is InChI=1S/C11H14N2OS/c1-4-14-10-8(2)11(15-3)13-6-5-12-7-9(10)13/h5-7H,4H2,1-3H3. The van der Waals surface area contributed by atoms with E-state index in [1.807, 2.05) is 19.3 Å². The molecule has 2 aromatic rings. The second-order valence-electron chi connectivity index (χ2n) is 3.23. The molecule has 0 spiro atoms. The minimum absolute atomic E-state index is 0.684. The van der Waals surface area contributed by atoms with E-state index in [-0.39, 0.29) is 0 Å². The number of hydrogen-bond acceptors (Lipinski definition) is 3. The van der Waals surface area contributed by atoms with Gasteiger partial charge >= 0.3 is 0 Å². The molecule has 0 amide bonds. The van der Waals surface area contributed by atoms with E-state index in [1.165, 1.54) is 10.6 Å². The van der Waals surface area contributed by atoms with Crippen LogP contribution in [0.25, 0.3) is 5.52 Å². The molecule has 0 aromatic carbocycles. The highest BCUT2D eigenvalue weighted by Crippen LogP contribution is 2.34. The van der Waals surface area contributed by atoms with Crippen molar-refractivity contribution in [2.45, 2.75) is 18.9 Å². The summed E-state index contributed by atoms with van der Waals surface area (Å²) in [4.78, 5) is 4.13. The monoisotopic (exact) mass is 222 g/mol. The molecule has 2 heterocycles. The van der Waals surface area contributed by atoms with Crippen LogP contribution in [0.5, 0.6) is 5.75 Å². The SMILES string of the molecule is CCOc1c(C)c(SC)n2ccncc12. The van der Waals surface area contributed by atoms with Crippen LogP contribution in [-0.4, -0.2) is 22.2 Å². The van der Waals surface area contributed by atoms with Gasteiger partial charge in [-0.15, -0.1) is 11.8 Å². The molecule has 0 saturated carbocycles. The molecular formula is C11H14N2OS. The molecule has 0 aliphatic rings. The van der Waals surface area contributed by atoms with Crippen LogP contribution in [0.4, 0.5) is 0 Å². The Bertz CT molecular complexity index is 479. The molecule has 0 bridgehead atoms. The Balaban J connectivity index is 2.72. The largest absolute Gasteiger partial charge is 0.491 e. The molecule has 0 atom stereocenters. The van der Waals surface area contributed by atoms with Gasteiger partial charge < -0.3 is 9.14 Å². The normalized spacial score (nSPS) is 10.9. The first-order valence-electron chi connectivity index (χ1n) is 4.91. The molecule has 0 fully saturated rings. The zero-order valence-corrected chi connectivity index (χ0v) is 9.97. The van der Waals surface area contributed by atoms with E-state index in [0.29, 0.717) is 6.61 Å². The smallest absolute Gasteiger partial charge is 0.150 e. The third-order valence-corrected chi connectivity index (χ3v) is 3.24. The first-order chi connectivity index (χ1) is 7.29. The summed E-state index contributed by atoms with van der Waals surface area (Å²) in [6.07, 6.45) is 7.68. The molecule has 0 N–H and O–H groups in total. The molecule has 0 radical (unpaired) electrons. The fourth-order valence-electron chi connectivity index (χ4n) is 1.75. The molecule has 15 heavy (non-hydrogen) atoms. The van der Waals surface area contributed by atoms with E-state index in [1.54, 1.807) is 18.0 Å². The Kier molecular flexibility index (Phi) is 2.86. The van der Waals surface area contributed by atoms with Gasteiger partial charge in [0.1, 0.15) is 11.3 Å². The van der Waals surface area contributed by atoms with Crippen molar-refractivity contribution < 1.29 is 4.74 Å². The fourth-order valence-corrected chi connectivity index (χ4v) is 2.51. The van der Waals surface area contributed by atoms with Gasteiger partial charge in [0.25, 0.3) is 0 Å². The van der Waals surface area contributed by atoms with Gasteiger partial charge in [0.2, 0.25) is 0 Å². The van der Waals surface area contributed by atoms with Crippen molar-refractivity contribution in [3.63, 3.8) is 0 Å². The number of fused-ring (bicyclic) bond motifs is 1. The first-order valence-corrected chi connectivity index (χ1v) is 6.13. The minimum Gasteiger partial charge on any atom is -0.491 e. The third-order valence-electron chi connectivity index (χ3n) is 2.35. The van der Waals surface area contributed by atoms with E-state index < -0.39 is 0 Å². The lowest BCUT2D eigenvalue weighted by Crippen LogP contribution is -1.92. The molecule has 2 rings (SSSR count). The maximum atomic E-state index is 5.66. The number of thioether (sulfide) groups is 1. The van der Waals surface area contributed by atoms with Gasteiger partial charge in [-0.3, -0.25) is 4.98 Å². The van der Waals surface area contributed by atoms with Crippen molar-refractivity contribution >= 4 is 17.3 Å². The summed E-state index contributed by atoms with van der Waals surface area (Å²) < 4.78 is 7.78. The Morgan fingerprint density at radius 2 is 2.33 bits per heavy atom. The van der Waals surface area contributed by atoms with Crippen molar-refractivity contribution in [3.05, 3.63) is 24.2 Å². The molecule has 4 heteroatoms. The van der Waals surface area contributed by atoms with E-state index >= 15 is 0 Å². The van der Waals surface area contributed by atoms with Gasteiger partial charge in [-0.1, -0.05) is 0 Å². The number of aromatic nitrogens is 2. The van der Waals surface area contributed by atoms with Crippen LogP contribution < -0.4 is 4.74 Å². The molecule has 0 unspecified atom stereocenters. The van der Waals surface area contributed by atoms with Crippen LogP contribution in [0.15, 0.2) is 23.6 Å².